The summed E-state index contributed by atoms with van der Waals surface area (Å²) in [6.45, 7) is -2.32. The van der Waals surface area contributed by atoms with Gasteiger partial charge in [0, 0.05) is 17.0 Å². The van der Waals surface area contributed by atoms with E-state index in [2.05, 4.69) is 10.1 Å². The quantitative estimate of drug-likeness (QED) is 0.888. The molecule has 0 unspecified atom stereocenters. The first-order chi connectivity index (χ1) is 9.65. The van der Waals surface area contributed by atoms with Gasteiger partial charge in [-0.25, -0.2) is 0 Å². The van der Waals surface area contributed by atoms with Crippen molar-refractivity contribution >= 4 is 17.2 Å². The largest absolute Gasteiger partial charge is 0.435 e. The Labute approximate surface area is 119 Å². The lowest BCUT2D eigenvalue weighted by Gasteiger charge is -2.06. The number of carbonyl (C=O) groups is 1. The van der Waals surface area contributed by atoms with Gasteiger partial charge in [-0.2, -0.15) is 8.78 Å². The molecule has 0 radical (unpaired) electrons. The number of carbonyl (C=O) groups excluding carboxylic acids is 1. The summed E-state index contributed by atoms with van der Waals surface area (Å²) in [7, 11) is 0. The summed E-state index contributed by atoms with van der Waals surface area (Å²) in [6.07, 6.45) is 0.774. The molecule has 2 rings (SSSR count). The highest BCUT2D eigenvalue weighted by Gasteiger charge is 2.07. The van der Waals surface area contributed by atoms with Crippen LogP contribution in [-0.2, 0) is 6.42 Å². The maximum atomic E-state index is 12.0. The lowest BCUT2D eigenvalue weighted by atomic mass is 10.2. The molecule has 0 saturated carbocycles. The van der Waals surface area contributed by atoms with Crippen LogP contribution in [0.3, 0.4) is 0 Å². The van der Waals surface area contributed by atoms with Gasteiger partial charge in [-0.15, -0.1) is 11.3 Å². The highest BCUT2D eigenvalue weighted by atomic mass is 32.1. The smallest absolute Gasteiger partial charge is 0.387 e. The fourth-order valence-electron chi connectivity index (χ4n) is 1.64. The molecule has 0 aliphatic carbocycles. The molecule has 0 saturated heterocycles. The number of ether oxygens (including phenoxy) is 1. The molecule has 106 valence electrons. The van der Waals surface area contributed by atoms with Gasteiger partial charge in [-0.1, -0.05) is 6.07 Å². The minimum atomic E-state index is -2.86. The van der Waals surface area contributed by atoms with E-state index in [9.17, 15) is 13.6 Å². The molecule has 1 heterocycles. The molecule has 1 aromatic carbocycles. The first-order valence-corrected chi connectivity index (χ1v) is 6.88. The molecule has 0 atom stereocenters. The van der Waals surface area contributed by atoms with E-state index >= 15 is 0 Å². The summed E-state index contributed by atoms with van der Waals surface area (Å²) in [4.78, 5) is 13.0. The van der Waals surface area contributed by atoms with E-state index in [1.165, 1.54) is 29.1 Å². The monoisotopic (exact) mass is 297 g/mol. The van der Waals surface area contributed by atoms with Crippen molar-refractivity contribution in [1.82, 2.24) is 5.32 Å². The topological polar surface area (TPSA) is 38.3 Å². The number of halogens is 2. The Morgan fingerprint density at radius 3 is 2.60 bits per heavy atom. The molecular formula is C14H13F2NO2S. The van der Waals surface area contributed by atoms with Gasteiger partial charge in [0.2, 0.25) is 0 Å². The van der Waals surface area contributed by atoms with Gasteiger partial charge < -0.3 is 10.1 Å². The molecule has 2 aromatic rings. The van der Waals surface area contributed by atoms with Crippen LogP contribution in [0.1, 0.15) is 15.2 Å². The van der Waals surface area contributed by atoms with Crippen LogP contribution in [0.15, 0.2) is 41.8 Å². The number of thiophene rings is 1. The van der Waals surface area contributed by atoms with Crippen molar-refractivity contribution in [2.75, 3.05) is 6.54 Å². The third-order valence-electron chi connectivity index (χ3n) is 2.58. The number of amides is 1. The second kappa shape index (κ2) is 7.00. The number of benzene rings is 1. The van der Waals surface area contributed by atoms with Gasteiger partial charge in [0.05, 0.1) is 0 Å². The van der Waals surface area contributed by atoms with Crippen molar-refractivity contribution in [3.8, 4) is 5.75 Å². The third-order valence-corrected chi connectivity index (χ3v) is 3.51. The van der Waals surface area contributed by atoms with E-state index < -0.39 is 6.61 Å². The van der Waals surface area contributed by atoms with Gasteiger partial charge in [0.25, 0.3) is 5.91 Å². The number of nitrogens with one attached hydrogen (secondary N) is 1. The maximum Gasteiger partial charge on any atom is 0.387 e. The molecule has 0 bridgehead atoms. The van der Waals surface area contributed by atoms with Gasteiger partial charge in [-0.3, -0.25) is 4.79 Å². The SMILES string of the molecule is O=C(NCCc1cccs1)c1ccc(OC(F)F)cc1. The Morgan fingerprint density at radius 1 is 1.25 bits per heavy atom. The zero-order valence-corrected chi connectivity index (χ0v) is 11.3. The van der Waals surface area contributed by atoms with Crippen molar-refractivity contribution in [2.45, 2.75) is 13.0 Å². The van der Waals surface area contributed by atoms with Crippen LogP contribution in [0, 0.1) is 0 Å². The summed E-state index contributed by atoms with van der Waals surface area (Å²) >= 11 is 1.64. The second-order valence-corrected chi connectivity index (χ2v) is 5.02. The van der Waals surface area contributed by atoms with Crippen LogP contribution in [0.25, 0.3) is 0 Å². The Balaban J connectivity index is 1.82. The van der Waals surface area contributed by atoms with Gasteiger partial charge >= 0.3 is 6.61 Å². The van der Waals surface area contributed by atoms with Crippen LogP contribution in [-0.4, -0.2) is 19.1 Å². The lowest BCUT2D eigenvalue weighted by molar-refractivity contribution is -0.0498. The van der Waals surface area contributed by atoms with Gasteiger partial charge in [0.15, 0.2) is 0 Å². The van der Waals surface area contributed by atoms with Crippen molar-refractivity contribution in [3.05, 3.63) is 52.2 Å². The summed E-state index contributed by atoms with van der Waals surface area (Å²) in [5, 5.41) is 4.76. The Bertz CT molecular complexity index is 541. The van der Waals surface area contributed by atoms with Crippen molar-refractivity contribution < 1.29 is 18.3 Å². The third kappa shape index (κ3) is 4.31. The average molecular weight is 297 g/mol. The number of hydrogen-bond acceptors (Lipinski definition) is 3. The van der Waals surface area contributed by atoms with Crippen molar-refractivity contribution in [2.24, 2.45) is 0 Å². The second-order valence-electron chi connectivity index (χ2n) is 3.99. The molecule has 1 amide bonds. The first-order valence-electron chi connectivity index (χ1n) is 6.00. The number of hydrogen-bond donors (Lipinski definition) is 1. The Hall–Kier alpha value is -1.95. The van der Waals surface area contributed by atoms with Gasteiger partial charge in [-0.05, 0) is 42.1 Å². The highest BCUT2D eigenvalue weighted by molar-refractivity contribution is 7.09. The van der Waals surface area contributed by atoms with E-state index in [0.717, 1.165) is 6.42 Å². The van der Waals surface area contributed by atoms with E-state index in [4.69, 9.17) is 0 Å². The van der Waals surface area contributed by atoms with Crippen LogP contribution in [0.5, 0.6) is 5.75 Å². The molecule has 0 spiro atoms. The minimum Gasteiger partial charge on any atom is -0.435 e. The van der Waals surface area contributed by atoms with E-state index in [0.29, 0.717) is 12.1 Å². The Morgan fingerprint density at radius 2 is 2.00 bits per heavy atom. The summed E-state index contributed by atoms with van der Waals surface area (Å²) in [5.74, 6) is -0.194. The van der Waals surface area contributed by atoms with Crippen molar-refractivity contribution in [3.63, 3.8) is 0 Å². The molecule has 1 aromatic heterocycles. The molecular weight excluding hydrogens is 284 g/mol. The fraction of sp³-hybridized carbons (Fsp3) is 0.214. The average Bonchev–Trinajstić information content (AvgIpc) is 2.92. The molecule has 1 N–H and O–H groups in total. The molecule has 0 aliphatic heterocycles. The molecule has 20 heavy (non-hydrogen) atoms. The Kier molecular flexibility index (Phi) is 5.06. The van der Waals surface area contributed by atoms with Crippen LogP contribution in [0.2, 0.25) is 0 Å². The number of rotatable bonds is 6. The standard InChI is InChI=1S/C14H13F2NO2S/c15-14(16)19-11-5-3-10(4-6-11)13(18)17-8-7-12-2-1-9-20-12/h1-6,9,14H,7-8H2,(H,17,18). The predicted octanol–water partition coefficient (Wildman–Crippen LogP) is 3.32. The normalized spacial score (nSPS) is 10.6. The number of alkyl halides is 2. The molecule has 3 nitrogen and oxygen atoms in total. The van der Waals surface area contributed by atoms with E-state index in [-0.39, 0.29) is 11.7 Å². The summed E-state index contributed by atoms with van der Waals surface area (Å²) < 4.78 is 28.2. The van der Waals surface area contributed by atoms with Gasteiger partial charge in [0.1, 0.15) is 5.75 Å². The molecule has 0 fully saturated rings. The summed E-state index contributed by atoms with van der Waals surface area (Å²) in [5.41, 5.74) is 0.415. The van der Waals surface area contributed by atoms with Crippen LogP contribution in [0.4, 0.5) is 8.78 Å². The maximum absolute atomic E-state index is 12.0. The lowest BCUT2D eigenvalue weighted by Crippen LogP contribution is -2.25. The predicted molar refractivity (Wildman–Crippen MR) is 73.4 cm³/mol. The zero-order chi connectivity index (χ0) is 14.4. The first kappa shape index (κ1) is 14.5. The fourth-order valence-corrected chi connectivity index (χ4v) is 2.35. The zero-order valence-electron chi connectivity index (χ0n) is 10.5. The highest BCUT2D eigenvalue weighted by Crippen LogP contribution is 2.15. The minimum absolute atomic E-state index is 0.0372. The van der Waals surface area contributed by atoms with Crippen molar-refractivity contribution in [1.29, 1.82) is 0 Å². The molecule has 0 aliphatic rings. The van der Waals surface area contributed by atoms with Crippen LogP contribution < -0.4 is 10.1 Å². The molecule has 6 heteroatoms. The summed E-state index contributed by atoms with van der Waals surface area (Å²) in [6, 6.07) is 9.58. The van der Waals surface area contributed by atoms with E-state index in [1.807, 2.05) is 17.5 Å². The van der Waals surface area contributed by atoms with Crippen LogP contribution >= 0.6 is 11.3 Å². The van der Waals surface area contributed by atoms with E-state index in [1.54, 1.807) is 11.3 Å².